The number of nitrogens with one attached hydrogen (secondary N) is 1. The molecule has 102 valence electrons. The number of hydrogen-bond donors (Lipinski definition) is 1. The van der Waals surface area contributed by atoms with E-state index >= 15 is 0 Å². The SMILES string of the molecule is CNC(CCC(C)OC)Cc1ccc(F)c(Br)c1. The molecule has 0 saturated carbocycles. The molecule has 0 amide bonds. The van der Waals surface area contributed by atoms with Crippen LogP contribution in [-0.2, 0) is 11.2 Å². The molecule has 0 saturated heterocycles. The molecule has 0 heterocycles. The molecule has 0 aliphatic heterocycles. The smallest absolute Gasteiger partial charge is 0.137 e. The highest BCUT2D eigenvalue weighted by molar-refractivity contribution is 9.10. The summed E-state index contributed by atoms with van der Waals surface area (Å²) in [6.07, 6.45) is 3.23. The Labute approximate surface area is 117 Å². The van der Waals surface area contributed by atoms with Gasteiger partial charge in [0.15, 0.2) is 0 Å². The third kappa shape index (κ3) is 5.04. The van der Waals surface area contributed by atoms with E-state index in [4.69, 9.17) is 4.74 Å². The quantitative estimate of drug-likeness (QED) is 0.830. The maximum Gasteiger partial charge on any atom is 0.137 e. The average molecular weight is 318 g/mol. The first-order chi connectivity index (χ1) is 8.56. The highest BCUT2D eigenvalue weighted by Crippen LogP contribution is 2.18. The lowest BCUT2D eigenvalue weighted by atomic mass is 10.0. The second kappa shape index (κ2) is 7.87. The van der Waals surface area contributed by atoms with Crippen molar-refractivity contribution in [1.82, 2.24) is 5.32 Å². The Morgan fingerprint density at radius 3 is 2.67 bits per heavy atom. The van der Waals surface area contributed by atoms with E-state index in [-0.39, 0.29) is 11.9 Å². The van der Waals surface area contributed by atoms with Gasteiger partial charge in [0.05, 0.1) is 10.6 Å². The first-order valence-corrected chi connectivity index (χ1v) is 7.00. The zero-order valence-electron chi connectivity index (χ0n) is 11.2. The number of ether oxygens (including phenoxy) is 1. The van der Waals surface area contributed by atoms with Crippen molar-refractivity contribution in [1.29, 1.82) is 0 Å². The summed E-state index contributed by atoms with van der Waals surface area (Å²) in [5.74, 6) is -0.215. The Balaban J connectivity index is 2.54. The molecule has 1 aromatic carbocycles. The molecule has 1 aromatic rings. The molecule has 1 N–H and O–H groups in total. The van der Waals surface area contributed by atoms with Crippen molar-refractivity contribution in [3.05, 3.63) is 34.1 Å². The number of likely N-dealkylation sites (N-methyl/N-ethyl adjacent to an activating group) is 1. The van der Waals surface area contributed by atoms with Crippen molar-refractivity contribution in [2.24, 2.45) is 0 Å². The normalized spacial score (nSPS) is 14.5. The molecule has 0 aliphatic rings. The van der Waals surface area contributed by atoms with Crippen molar-refractivity contribution < 1.29 is 9.13 Å². The van der Waals surface area contributed by atoms with Gasteiger partial charge in [-0.25, -0.2) is 4.39 Å². The van der Waals surface area contributed by atoms with Crippen molar-refractivity contribution in [3.63, 3.8) is 0 Å². The summed E-state index contributed by atoms with van der Waals surface area (Å²) in [6.45, 7) is 2.07. The Kier molecular flexibility index (Phi) is 6.82. The van der Waals surface area contributed by atoms with E-state index in [1.807, 2.05) is 19.2 Å². The van der Waals surface area contributed by atoms with Crippen LogP contribution in [0.3, 0.4) is 0 Å². The standard InChI is InChI=1S/C14H21BrFNO/c1-10(18-3)4-6-12(17-2)8-11-5-7-14(16)13(15)9-11/h5,7,9-10,12,17H,4,6,8H2,1-3H3. The van der Waals surface area contributed by atoms with Gasteiger partial charge < -0.3 is 10.1 Å². The van der Waals surface area contributed by atoms with E-state index in [0.29, 0.717) is 10.5 Å². The predicted molar refractivity (Wildman–Crippen MR) is 76.4 cm³/mol. The predicted octanol–water partition coefficient (Wildman–Crippen LogP) is 3.53. The van der Waals surface area contributed by atoms with E-state index in [1.165, 1.54) is 6.07 Å². The highest BCUT2D eigenvalue weighted by atomic mass is 79.9. The van der Waals surface area contributed by atoms with Crippen LogP contribution in [0.1, 0.15) is 25.3 Å². The van der Waals surface area contributed by atoms with Gasteiger partial charge in [-0.05, 0) is 66.9 Å². The van der Waals surface area contributed by atoms with Crippen LogP contribution in [0.2, 0.25) is 0 Å². The van der Waals surface area contributed by atoms with Crippen LogP contribution in [-0.4, -0.2) is 26.3 Å². The first kappa shape index (κ1) is 15.6. The fourth-order valence-electron chi connectivity index (χ4n) is 1.85. The van der Waals surface area contributed by atoms with Gasteiger partial charge in [0.2, 0.25) is 0 Å². The van der Waals surface area contributed by atoms with Gasteiger partial charge in [-0.3, -0.25) is 0 Å². The van der Waals surface area contributed by atoms with Crippen LogP contribution >= 0.6 is 15.9 Å². The van der Waals surface area contributed by atoms with Gasteiger partial charge in [-0.15, -0.1) is 0 Å². The van der Waals surface area contributed by atoms with Gasteiger partial charge >= 0.3 is 0 Å². The lowest BCUT2D eigenvalue weighted by Crippen LogP contribution is -2.28. The molecule has 1 rings (SSSR count). The summed E-state index contributed by atoms with van der Waals surface area (Å²) in [4.78, 5) is 0. The lowest BCUT2D eigenvalue weighted by molar-refractivity contribution is 0.106. The zero-order chi connectivity index (χ0) is 13.5. The van der Waals surface area contributed by atoms with Crippen LogP contribution in [0.4, 0.5) is 4.39 Å². The Bertz CT molecular complexity index is 373. The van der Waals surface area contributed by atoms with Crippen molar-refractivity contribution in [3.8, 4) is 0 Å². The summed E-state index contributed by atoms with van der Waals surface area (Å²) in [7, 11) is 3.69. The Morgan fingerprint density at radius 2 is 2.11 bits per heavy atom. The minimum Gasteiger partial charge on any atom is -0.382 e. The maximum atomic E-state index is 13.1. The van der Waals surface area contributed by atoms with E-state index in [0.717, 1.165) is 24.8 Å². The second-order valence-corrected chi connectivity index (χ2v) is 5.42. The molecule has 0 bridgehead atoms. The summed E-state index contributed by atoms with van der Waals surface area (Å²) in [5, 5.41) is 3.30. The number of halogens is 2. The molecule has 18 heavy (non-hydrogen) atoms. The second-order valence-electron chi connectivity index (χ2n) is 4.56. The van der Waals surface area contributed by atoms with Crippen LogP contribution in [0, 0.1) is 5.82 Å². The van der Waals surface area contributed by atoms with E-state index in [9.17, 15) is 4.39 Å². The van der Waals surface area contributed by atoms with E-state index in [1.54, 1.807) is 7.11 Å². The molecule has 2 nitrogen and oxygen atoms in total. The van der Waals surface area contributed by atoms with Gasteiger partial charge in [-0.1, -0.05) is 6.07 Å². The molecule has 0 radical (unpaired) electrons. The largest absolute Gasteiger partial charge is 0.382 e. The summed E-state index contributed by atoms with van der Waals surface area (Å²) < 4.78 is 18.9. The number of methoxy groups -OCH3 is 1. The third-order valence-corrected chi connectivity index (χ3v) is 3.81. The van der Waals surface area contributed by atoms with Gasteiger partial charge in [0.1, 0.15) is 5.82 Å². The molecule has 0 spiro atoms. The van der Waals surface area contributed by atoms with Crippen LogP contribution in [0.5, 0.6) is 0 Å². The zero-order valence-corrected chi connectivity index (χ0v) is 12.8. The van der Waals surface area contributed by atoms with Crippen molar-refractivity contribution in [2.45, 2.75) is 38.3 Å². The third-order valence-electron chi connectivity index (χ3n) is 3.20. The van der Waals surface area contributed by atoms with Crippen LogP contribution in [0.15, 0.2) is 22.7 Å². The fraction of sp³-hybridized carbons (Fsp3) is 0.571. The first-order valence-electron chi connectivity index (χ1n) is 6.20. The average Bonchev–Trinajstić information content (AvgIpc) is 2.38. The van der Waals surface area contributed by atoms with Crippen LogP contribution < -0.4 is 5.32 Å². The Hall–Kier alpha value is -0.450. The molecule has 2 atom stereocenters. The monoisotopic (exact) mass is 317 g/mol. The van der Waals surface area contributed by atoms with E-state index in [2.05, 4.69) is 28.2 Å². The molecule has 0 aliphatic carbocycles. The molecule has 0 fully saturated rings. The van der Waals surface area contributed by atoms with Crippen LogP contribution in [0.25, 0.3) is 0 Å². The van der Waals surface area contributed by atoms with Gasteiger partial charge in [0.25, 0.3) is 0 Å². The van der Waals surface area contributed by atoms with E-state index < -0.39 is 0 Å². The molecular formula is C14H21BrFNO. The molecule has 4 heteroatoms. The van der Waals surface area contributed by atoms with Gasteiger partial charge in [-0.2, -0.15) is 0 Å². The molecule has 0 aromatic heterocycles. The van der Waals surface area contributed by atoms with Crippen molar-refractivity contribution in [2.75, 3.05) is 14.2 Å². The summed E-state index contributed by atoms with van der Waals surface area (Å²) >= 11 is 3.22. The Morgan fingerprint density at radius 1 is 1.39 bits per heavy atom. The fourth-order valence-corrected chi connectivity index (χ4v) is 2.28. The summed E-state index contributed by atoms with van der Waals surface area (Å²) in [6, 6.07) is 5.58. The number of hydrogen-bond acceptors (Lipinski definition) is 2. The molecular weight excluding hydrogens is 297 g/mol. The molecule has 2 unspecified atom stereocenters. The maximum absolute atomic E-state index is 13.1. The van der Waals surface area contributed by atoms with Crippen molar-refractivity contribution >= 4 is 15.9 Å². The van der Waals surface area contributed by atoms with Gasteiger partial charge in [0, 0.05) is 13.2 Å². The summed E-state index contributed by atoms with van der Waals surface area (Å²) in [5.41, 5.74) is 1.13. The minimum absolute atomic E-state index is 0.215. The highest BCUT2D eigenvalue weighted by Gasteiger charge is 2.10. The minimum atomic E-state index is -0.215. The topological polar surface area (TPSA) is 21.3 Å². The number of rotatable bonds is 7. The number of benzene rings is 1. The lowest BCUT2D eigenvalue weighted by Gasteiger charge is -2.18.